The lowest BCUT2D eigenvalue weighted by Gasteiger charge is -2.37. The standard InChI is InChI=1S/C26H30N2O/c1-29-26-14-8-7-12-23(26)19-27-15-16-28-20-24-13-6-5-11-22(24)18-25(28)17-21-9-3-2-4-10-21/h2-14,25,27H,15-20H2,1H3. The number of hydrogen-bond acceptors (Lipinski definition) is 3. The summed E-state index contributed by atoms with van der Waals surface area (Å²) >= 11 is 0. The fourth-order valence-electron chi connectivity index (χ4n) is 4.29. The van der Waals surface area contributed by atoms with Crippen LogP contribution >= 0.6 is 0 Å². The molecule has 4 rings (SSSR count). The highest BCUT2D eigenvalue weighted by Gasteiger charge is 2.25. The van der Waals surface area contributed by atoms with E-state index in [0.717, 1.165) is 44.8 Å². The second-order valence-corrected chi connectivity index (χ2v) is 7.78. The topological polar surface area (TPSA) is 24.5 Å². The molecule has 0 fully saturated rings. The van der Waals surface area contributed by atoms with Crippen LogP contribution in [0.25, 0.3) is 0 Å². The van der Waals surface area contributed by atoms with Crippen molar-refractivity contribution in [3.63, 3.8) is 0 Å². The lowest BCUT2D eigenvalue weighted by molar-refractivity contribution is 0.170. The van der Waals surface area contributed by atoms with Crippen molar-refractivity contribution >= 4 is 0 Å². The van der Waals surface area contributed by atoms with Gasteiger partial charge in [0.15, 0.2) is 0 Å². The van der Waals surface area contributed by atoms with Crippen molar-refractivity contribution < 1.29 is 4.74 Å². The Morgan fingerprint density at radius 2 is 1.62 bits per heavy atom. The minimum atomic E-state index is 0.542. The van der Waals surface area contributed by atoms with Crippen molar-refractivity contribution in [2.24, 2.45) is 0 Å². The Labute approximate surface area is 174 Å². The van der Waals surface area contributed by atoms with Gasteiger partial charge in [0.05, 0.1) is 7.11 Å². The van der Waals surface area contributed by atoms with Gasteiger partial charge in [-0.25, -0.2) is 0 Å². The molecule has 3 aromatic carbocycles. The van der Waals surface area contributed by atoms with E-state index in [0.29, 0.717) is 6.04 Å². The number of para-hydroxylation sites is 1. The second kappa shape index (κ2) is 9.73. The molecule has 1 aliphatic heterocycles. The fourth-order valence-corrected chi connectivity index (χ4v) is 4.29. The van der Waals surface area contributed by atoms with Crippen LogP contribution < -0.4 is 10.1 Å². The van der Waals surface area contributed by atoms with Crippen LogP contribution in [0.4, 0.5) is 0 Å². The summed E-state index contributed by atoms with van der Waals surface area (Å²) in [6, 6.07) is 28.6. The predicted octanol–water partition coefficient (Wildman–Crippen LogP) is 4.45. The molecule has 0 saturated heterocycles. The van der Waals surface area contributed by atoms with Crippen molar-refractivity contribution in [2.75, 3.05) is 20.2 Å². The van der Waals surface area contributed by atoms with Gasteiger partial charge >= 0.3 is 0 Å². The van der Waals surface area contributed by atoms with Crippen LogP contribution in [-0.4, -0.2) is 31.1 Å². The average Bonchev–Trinajstić information content (AvgIpc) is 2.78. The average molecular weight is 387 g/mol. The normalized spacial score (nSPS) is 16.4. The van der Waals surface area contributed by atoms with Crippen LogP contribution in [0.3, 0.4) is 0 Å². The third-order valence-electron chi connectivity index (χ3n) is 5.86. The molecule has 0 aliphatic carbocycles. The van der Waals surface area contributed by atoms with Gasteiger partial charge < -0.3 is 10.1 Å². The predicted molar refractivity (Wildman–Crippen MR) is 119 cm³/mol. The van der Waals surface area contributed by atoms with E-state index in [4.69, 9.17) is 4.74 Å². The first-order valence-corrected chi connectivity index (χ1v) is 10.5. The van der Waals surface area contributed by atoms with E-state index in [1.165, 1.54) is 22.3 Å². The molecule has 29 heavy (non-hydrogen) atoms. The number of ether oxygens (including phenoxy) is 1. The number of methoxy groups -OCH3 is 1. The van der Waals surface area contributed by atoms with Crippen LogP contribution in [-0.2, 0) is 25.9 Å². The van der Waals surface area contributed by atoms with Gasteiger partial charge in [0, 0.05) is 37.8 Å². The van der Waals surface area contributed by atoms with Crippen LogP contribution in [0.5, 0.6) is 5.75 Å². The number of nitrogens with zero attached hydrogens (tertiary/aromatic N) is 1. The zero-order chi connectivity index (χ0) is 19.9. The molecule has 3 heteroatoms. The first-order valence-electron chi connectivity index (χ1n) is 10.5. The molecule has 1 heterocycles. The van der Waals surface area contributed by atoms with E-state index in [2.05, 4.69) is 76.9 Å². The first-order chi connectivity index (χ1) is 14.3. The van der Waals surface area contributed by atoms with E-state index in [-0.39, 0.29) is 0 Å². The lowest BCUT2D eigenvalue weighted by atomic mass is 9.90. The highest BCUT2D eigenvalue weighted by molar-refractivity contribution is 5.33. The van der Waals surface area contributed by atoms with Crippen molar-refractivity contribution in [2.45, 2.75) is 32.0 Å². The van der Waals surface area contributed by atoms with E-state index >= 15 is 0 Å². The molecule has 0 amide bonds. The van der Waals surface area contributed by atoms with Gasteiger partial charge in [-0.2, -0.15) is 0 Å². The number of nitrogens with one attached hydrogen (secondary N) is 1. The summed E-state index contributed by atoms with van der Waals surface area (Å²) in [4.78, 5) is 2.64. The van der Waals surface area contributed by atoms with E-state index in [1.54, 1.807) is 7.11 Å². The maximum Gasteiger partial charge on any atom is 0.123 e. The summed E-state index contributed by atoms with van der Waals surface area (Å²) in [5.74, 6) is 0.953. The molecule has 0 radical (unpaired) electrons. The molecule has 1 aliphatic rings. The molecule has 0 bridgehead atoms. The summed E-state index contributed by atoms with van der Waals surface area (Å²) in [5, 5.41) is 3.61. The Balaban J connectivity index is 1.39. The summed E-state index contributed by atoms with van der Waals surface area (Å²) in [5.41, 5.74) is 5.61. The zero-order valence-corrected chi connectivity index (χ0v) is 17.2. The molecule has 0 spiro atoms. The largest absolute Gasteiger partial charge is 0.496 e. The van der Waals surface area contributed by atoms with Gasteiger partial charge in [-0.1, -0.05) is 72.8 Å². The van der Waals surface area contributed by atoms with Gasteiger partial charge in [-0.3, -0.25) is 4.90 Å². The number of fused-ring (bicyclic) bond motifs is 1. The van der Waals surface area contributed by atoms with Crippen LogP contribution in [0, 0.1) is 0 Å². The number of rotatable bonds is 8. The lowest BCUT2D eigenvalue weighted by Crippen LogP contribution is -2.44. The minimum Gasteiger partial charge on any atom is -0.496 e. The SMILES string of the molecule is COc1ccccc1CNCCN1Cc2ccccc2CC1Cc1ccccc1. The van der Waals surface area contributed by atoms with Gasteiger partial charge in [0.1, 0.15) is 5.75 Å². The monoisotopic (exact) mass is 386 g/mol. The van der Waals surface area contributed by atoms with Gasteiger partial charge in [0.2, 0.25) is 0 Å². The van der Waals surface area contributed by atoms with Crippen LogP contribution in [0.2, 0.25) is 0 Å². The minimum absolute atomic E-state index is 0.542. The maximum absolute atomic E-state index is 5.46. The van der Waals surface area contributed by atoms with Crippen LogP contribution in [0.1, 0.15) is 22.3 Å². The Morgan fingerprint density at radius 3 is 2.45 bits per heavy atom. The highest BCUT2D eigenvalue weighted by Crippen LogP contribution is 2.25. The molecule has 3 aromatic rings. The third kappa shape index (κ3) is 5.06. The van der Waals surface area contributed by atoms with Crippen molar-refractivity contribution in [1.82, 2.24) is 10.2 Å². The number of hydrogen-bond donors (Lipinski definition) is 1. The molecule has 1 unspecified atom stereocenters. The molecule has 1 N–H and O–H groups in total. The molecule has 1 atom stereocenters. The van der Waals surface area contributed by atoms with Crippen molar-refractivity contribution in [3.8, 4) is 5.75 Å². The summed E-state index contributed by atoms with van der Waals surface area (Å²) in [6.45, 7) is 3.87. The van der Waals surface area contributed by atoms with Crippen LogP contribution in [0.15, 0.2) is 78.9 Å². The van der Waals surface area contributed by atoms with Gasteiger partial charge in [0.25, 0.3) is 0 Å². The first kappa shape index (κ1) is 19.7. The smallest absolute Gasteiger partial charge is 0.123 e. The second-order valence-electron chi connectivity index (χ2n) is 7.78. The molecular weight excluding hydrogens is 356 g/mol. The molecule has 3 nitrogen and oxygen atoms in total. The third-order valence-corrected chi connectivity index (χ3v) is 5.86. The fraction of sp³-hybridized carbons (Fsp3) is 0.308. The molecule has 0 aromatic heterocycles. The highest BCUT2D eigenvalue weighted by atomic mass is 16.5. The molecule has 150 valence electrons. The molecule has 0 saturated carbocycles. The zero-order valence-electron chi connectivity index (χ0n) is 17.2. The van der Waals surface area contributed by atoms with Gasteiger partial charge in [-0.15, -0.1) is 0 Å². The Kier molecular flexibility index (Phi) is 6.60. The summed E-state index contributed by atoms with van der Waals surface area (Å²) < 4.78 is 5.46. The van der Waals surface area contributed by atoms with E-state index in [9.17, 15) is 0 Å². The van der Waals surface area contributed by atoms with E-state index < -0.39 is 0 Å². The number of benzene rings is 3. The van der Waals surface area contributed by atoms with Crippen molar-refractivity contribution in [1.29, 1.82) is 0 Å². The molecular formula is C26H30N2O. The maximum atomic E-state index is 5.46. The Hall–Kier alpha value is -2.62. The summed E-state index contributed by atoms with van der Waals surface area (Å²) in [6.07, 6.45) is 2.22. The van der Waals surface area contributed by atoms with Crippen molar-refractivity contribution in [3.05, 3.63) is 101 Å². The quantitative estimate of drug-likeness (QED) is 0.579. The van der Waals surface area contributed by atoms with Gasteiger partial charge in [-0.05, 0) is 35.6 Å². The Bertz CT molecular complexity index is 909. The van der Waals surface area contributed by atoms with E-state index in [1.807, 2.05) is 12.1 Å². The summed E-state index contributed by atoms with van der Waals surface area (Å²) in [7, 11) is 1.73. The Morgan fingerprint density at radius 1 is 0.897 bits per heavy atom.